The fourth-order valence-electron chi connectivity index (χ4n) is 6.87. The third-order valence-electron chi connectivity index (χ3n) is 9.81. The van der Waals surface area contributed by atoms with Gasteiger partial charge in [0.2, 0.25) is 17.7 Å². The molecule has 3 N–H and O–H groups in total. The molecule has 3 aromatic rings. The molecule has 1 unspecified atom stereocenters. The van der Waals surface area contributed by atoms with E-state index in [0.29, 0.717) is 38.2 Å². The quantitative estimate of drug-likeness (QED) is 0.239. The molecule has 0 bridgehead atoms. The normalized spacial score (nSPS) is 17.1. The number of amides is 4. The van der Waals surface area contributed by atoms with Gasteiger partial charge in [-0.3, -0.25) is 28.8 Å². The lowest BCUT2D eigenvalue weighted by Gasteiger charge is -2.36. The van der Waals surface area contributed by atoms with Crippen LogP contribution in [-0.2, 0) is 40.9 Å². The summed E-state index contributed by atoms with van der Waals surface area (Å²) in [7, 11) is 1.71. The molecule has 11 heteroatoms. The third kappa shape index (κ3) is 10.2. The van der Waals surface area contributed by atoms with Gasteiger partial charge in [-0.15, -0.1) is 0 Å². The molecule has 5 rings (SSSR count). The summed E-state index contributed by atoms with van der Waals surface area (Å²) in [6.07, 6.45) is 8.44. The maximum atomic E-state index is 13.7. The van der Waals surface area contributed by atoms with Gasteiger partial charge in [-0.1, -0.05) is 87.2 Å². The Hall–Kier alpha value is -4.51. The van der Waals surface area contributed by atoms with Crippen molar-refractivity contribution in [1.29, 1.82) is 0 Å². The van der Waals surface area contributed by atoms with Crippen molar-refractivity contribution >= 4 is 23.6 Å². The second kappa shape index (κ2) is 17.8. The first kappa shape index (κ1) is 35.8. The number of carbonyl (C=O) groups is 4. The number of piperazine rings is 1. The molecule has 2 heterocycles. The van der Waals surface area contributed by atoms with Crippen LogP contribution in [0.25, 0.3) is 0 Å². The summed E-state index contributed by atoms with van der Waals surface area (Å²) in [5, 5.41) is 13.1. The van der Waals surface area contributed by atoms with Gasteiger partial charge >= 0.3 is 0 Å². The summed E-state index contributed by atoms with van der Waals surface area (Å²) >= 11 is 0. The Bertz CT molecular complexity index is 1520. The van der Waals surface area contributed by atoms with Crippen LogP contribution in [0.3, 0.4) is 0 Å². The monoisotopic (exact) mass is 669 g/mol. The molecule has 1 aromatic heterocycles. The number of nitrogens with one attached hydrogen (secondary N) is 3. The molecule has 1 aliphatic carbocycles. The molecule has 2 aromatic carbocycles. The van der Waals surface area contributed by atoms with Gasteiger partial charge in [-0.25, -0.2) is 0 Å². The van der Waals surface area contributed by atoms with Gasteiger partial charge in [0.25, 0.3) is 5.91 Å². The van der Waals surface area contributed by atoms with Gasteiger partial charge in [0.05, 0.1) is 0 Å². The molecule has 49 heavy (non-hydrogen) atoms. The molecule has 2 atom stereocenters. The first-order chi connectivity index (χ1) is 23.8. The number of benzene rings is 2. The molecule has 0 spiro atoms. The predicted molar refractivity (Wildman–Crippen MR) is 188 cm³/mol. The van der Waals surface area contributed by atoms with Crippen molar-refractivity contribution in [3.63, 3.8) is 0 Å². The average molecular weight is 670 g/mol. The standard InChI is InChI=1S/C38H51N7O4/c1-3-34(46)41-32(38(49)45-23-21-44(22-24-45)27-30-11-7-6-8-12-30)25-28-15-17-29(18-16-28)26-39-37(48)35(31-13-9-4-5-10-14-31)42-36(47)33-19-20-40-43(33)2/h6-8,11-12,15-20,31-32,35H,3-5,9-10,13-14,21-27H2,1-2H3,(H,39,48)(H,41,46)(H,42,47)/t32?,35-/m0/s1. The van der Waals surface area contributed by atoms with Gasteiger partial charge in [0, 0.05) is 65.4 Å². The number of carbonyl (C=O) groups excluding carboxylic acids is 4. The molecule has 1 aliphatic heterocycles. The van der Waals surface area contributed by atoms with E-state index in [1.807, 2.05) is 47.4 Å². The second-order valence-corrected chi connectivity index (χ2v) is 13.3. The van der Waals surface area contributed by atoms with Gasteiger partial charge in [0.15, 0.2) is 0 Å². The third-order valence-corrected chi connectivity index (χ3v) is 9.81. The summed E-state index contributed by atoms with van der Waals surface area (Å²) in [5.41, 5.74) is 3.50. The molecule has 262 valence electrons. The highest BCUT2D eigenvalue weighted by Gasteiger charge is 2.32. The van der Waals surface area contributed by atoms with Crippen molar-refractivity contribution < 1.29 is 19.2 Å². The van der Waals surface area contributed by atoms with E-state index in [4.69, 9.17) is 0 Å². The van der Waals surface area contributed by atoms with Crippen molar-refractivity contribution in [1.82, 2.24) is 35.5 Å². The maximum Gasteiger partial charge on any atom is 0.270 e. The lowest BCUT2D eigenvalue weighted by atomic mass is 9.91. The SMILES string of the molecule is CCC(=O)NC(Cc1ccc(CNC(=O)[C@@H](NC(=O)c2ccnn2C)C2CCCCCC2)cc1)C(=O)N1CCN(Cc2ccccc2)CC1. The zero-order valence-corrected chi connectivity index (χ0v) is 28.9. The van der Waals surface area contributed by atoms with E-state index in [1.54, 1.807) is 26.2 Å². The molecule has 1 saturated carbocycles. The largest absolute Gasteiger partial charge is 0.350 e. The molecule has 11 nitrogen and oxygen atoms in total. The van der Waals surface area contributed by atoms with Crippen LogP contribution in [0.5, 0.6) is 0 Å². The smallest absolute Gasteiger partial charge is 0.270 e. The number of aryl methyl sites for hydroxylation is 1. The topological polar surface area (TPSA) is 129 Å². The first-order valence-corrected chi connectivity index (χ1v) is 17.8. The minimum atomic E-state index is -0.651. The molecule has 2 aliphatic rings. The van der Waals surface area contributed by atoms with Crippen molar-refractivity contribution in [3.05, 3.63) is 89.2 Å². The van der Waals surface area contributed by atoms with Crippen molar-refractivity contribution in [2.45, 2.75) is 83.5 Å². The maximum absolute atomic E-state index is 13.7. The van der Waals surface area contributed by atoms with E-state index in [9.17, 15) is 19.2 Å². The van der Waals surface area contributed by atoms with Crippen molar-refractivity contribution in [3.8, 4) is 0 Å². The van der Waals surface area contributed by atoms with Crippen LogP contribution >= 0.6 is 0 Å². The predicted octanol–water partition coefficient (Wildman–Crippen LogP) is 3.59. The first-order valence-electron chi connectivity index (χ1n) is 17.8. The summed E-state index contributed by atoms with van der Waals surface area (Å²) in [6.45, 7) is 5.75. The van der Waals surface area contributed by atoms with Crippen LogP contribution < -0.4 is 16.0 Å². The Morgan fingerprint density at radius 2 is 1.49 bits per heavy atom. The van der Waals surface area contributed by atoms with Crippen molar-refractivity contribution in [2.75, 3.05) is 26.2 Å². The fraction of sp³-hybridized carbons (Fsp3) is 0.500. The van der Waals surface area contributed by atoms with Gasteiger partial charge in [-0.05, 0) is 41.5 Å². The second-order valence-electron chi connectivity index (χ2n) is 13.3. The Kier molecular flexibility index (Phi) is 13.0. The number of hydrogen-bond donors (Lipinski definition) is 3. The van der Waals surface area contributed by atoms with Gasteiger partial charge in [0.1, 0.15) is 17.8 Å². The average Bonchev–Trinajstić information content (AvgIpc) is 3.38. The Morgan fingerprint density at radius 3 is 2.12 bits per heavy atom. The molecular formula is C38H51N7O4. The van der Waals surface area contributed by atoms with E-state index in [2.05, 4.69) is 38.1 Å². The summed E-state index contributed by atoms with van der Waals surface area (Å²) in [5.74, 6) is -0.638. The highest BCUT2D eigenvalue weighted by molar-refractivity contribution is 5.96. The highest BCUT2D eigenvalue weighted by Crippen LogP contribution is 2.26. The summed E-state index contributed by atoms with van der Waals surface area (Å²) in [6, 6.07) is 18.5. The zero-order valence-electron chi connectivity index (χ0n) is 28.9. The minimum Gasteiger partial charge on any atom is -0.350 e. The number of nitrogens with zero attached hydrogens (tertiary/aromatic N) is 4. The Labute approximate surface area is 289 Å². The molecular weight excluding hydrogens is 618 g/mol. The van der Waals surface area contributed by atoms with Crippen LogP contribution in [0, 0.1) is 5.92 Å². The van der Waals surface area contributed by atoms with E-state index < -0.39 is 12.1 Å². The Morgan fingerprint density at radius 1 is 0.816 bits per heavy atom. The van der Waals surface area contributed by atoms with E-state index in [-0.39, 0.29) is 29.5 Å². The molecule has 4 amide bonds. The molecule has 1 saturated heterocycles. The highest BCUT2D eigenvalue weighted by atomic mass is 16.2. The van der Waals surface area contributed by atoms with E-state index in [1.165, 1.54) is 10.2 Å². The van der Waals surface area contributed by atoms with Crippen LogP contribution in [0.15, 0.2) is 66.9 Å². The Balaban J connectivity index is 1.17. The summed E-state index contributed by atoms with van der Waals surface area (Å²) in [4.78, 5) is 57.0. The molecule has 0 radical (unpaired) electrons. The lowest BCUT2D eigenvalue weighted by molar-refractivity contribution is -0.138. The van der Waals surface area contributed by atoms with Crippen molar-refractivity contribution in [2.24, 2.45) is 13.0 Å². The molecule has 2 fully saturated rings. The number of aromatic nitrogens is 2. The number of hydrogen-bond acceptors (Lipinski definition) is 6. The van der Waals surface area contributed by atoms with Crippen LogP contribution in [0.2, 0.25) is 0 Å². The van der Waals surface area contributed by atoms with Gasteiger partial charge < -0.3 is 20.9 Å². The zero-order chi connectivity index (χ0) is 34.6. The number of rotatable bonds is 13. The van der Waals surface area contributed by atoms with Gasteiger partial charge in [-0.2, -0.15) is 5.10 Å². The lowest BCUT2D eigenvalue weighted by Crippen LogP contribution is -2.55. The van der Waals surface area contributed by atoms with Crippen LogP contribution in [-0.4, -0.2) is 81.5 Å². The summed E-state index contributed by atoms with van der Waals surface area (Å²) < 4.78 is 1.51. The fourth-order valence-corrected chi connectivity index (χ4v) is 6.87. The van der Waals surface area contributed by atoms with Crippen LogP contribution in [0.4, 0.5) is 0 Å². The van der Waals surface area contributed by atoms with Crippen LogP contribution in [0.1, 0.15) is 79.0 Å². The van der Waals surface area contributed by atoms with E-state index >= 15 is 0 Å². The van der Waals surface area contributed by atoms with E-state index in [0.717, 1.165) is 69.3 Å². The minimum absolute atomic E-state index is 0.0600.